The summed E-state index contributed by atoms with van der Waals surface area (Å²) in [4.78, 5) is 29.1. The maximum absolute atomic E-state index is 12.4. The van der Waals surface area contributed by atoms with E-state index in [0.717, 1.165) is 36.4 Å². The number of carbonyl (C=O) groups is 2. The number of hydrogen-bond donors (Lipinski definition) is 1. The van der Waals surface area contributed by atoms with Gasteiger partial charge in [-0.05, 0) is 48.1 Å². The molecule has 3 rings (SSSR count). The van der Waals surface area contributed by atoms with Crippen LogP contribution in [-0.2, 0) is 16.1 Å². The molecule has 1 fully saturated rings. The molecule has 1 N–H and O–H groups in total. The van der Waals surface area contributed by atoms with Crippen molar-refractivity contribution in [2.75, 3.05) is 37.5 Å². The molecule has 1 aliphatic heterocycles. The average molecular weight is 402 g/mol. The fourth-order valence-electron chi connectivity index (χ4n) is 3.37. The van der Waals surface area contributed by atoms with Gasteiger partial charge in [0.25, 0.3) is 5.91 Å². The number of nitrogens with zero attached hydrogens (tertiary/aromatic N) is 2. The molecule has 0 radical (unpaired) electrons. The predicted molar refractivity (Wildman–Crippen MR) is 113 cm³/mol. The Labute approximate surface area is 170 Å². The highest BCUT2D eigenvalue weighted by Crippen LogP contribution is 2.26. The molecule has 1 aliphatic rings. The van der Waals surface area contributed by atoms with Crippen LogP contribution in [0.4, 0.5) is 11.4 Å². The highest BCUT2D eigenvalue weighted by atomic mass is 32.1. The number of thiophene rings is 1. The maximum atomic E-state index is 12.4. The molecular formula is C21H27N3O3S. The first kappa shape index (κ1) is 20.4. The molecule has 0 saturated carbocycles. The van der Waals surface area contributed by atoms with Gasteiger partial charge in [0, 0.05) is 52.1 Å². The number of nitrogens with one attached hydrogen (secondary N) is 1. The van der Waals surface area contributed by atoms with Crippen LogP contribution in [0.25, 0.3) is 0 Å². The number of anilines is 2. The SMILES string of the molecule is CC(=O)N(Cc1cc(NC(=O)c2cccs2)ccc1N(C)C)C[C@@H]1CCCO1. The van der Waals surface area contributed by atoms with Crippen LogP contribution in [0.2, 0.25) is 0 Å². The van der Waals surface area contributed by atoms with E-state index in [9.17, 15) is 9.59 Å². The first-order chi connectivity index (χ1) is 13.4. The monoisotopic (exact) mass is 401 g/mol. The molecule has 0 bridgehead atoms. The summed E-state index contributed by atoms with van der Waals surface area (Å²) in [6.07, 6.45) is 2.14. The van der Waals surface area contributed by atoms with Crippen LogP contribution in [0.15, 0.2) is 35.7 Å². The Hall–Kier alpha value is -2.38. The Morgan fingerprint density at radius 2 is 2.11 bits per heavy atom. The minimum Gasteiger partial charge on any atom is -0.377 e. The zero-order valence-electron chi connectivity index (χ0n) is 16.6. The molecule has 150 valence electrons. The normalized spacial score (nSPS) is 16.0. The number of ether oxygens (including phenoxy) is 1. The van der Waals surface area contributed by atoms with Gasteiger partial charge in [-0.2, -0.15) is 0 Å². The van der Waals surface area contributed by atoms with Crippen molar-refractivity contribution in [2.45, 2.75) is 32.4 Å². The second-order valence-electron chi connectivity index (χ2n) is 7.20. The van der Waals surface area contributed by atoms with Crippen LogP contribution in [-0.4, -0.2) is 50.1 Å². The van der Waals surface area contributed by atoms with Gasteiger partial charge in [-0.1, -0.05) is 6.07 Å². The van der Waals surface area contributed by atoms with Gasteiger partial charge < -0.3 is 19.9 Å². The molecule has 1 aromatic carbocycles. The van der Waals surface area contributed by atoms with E-state index in [-0.39, 0.29) is 17.9 Å². The maximum Gasteiger partial charge on any atom is 0.265 e. The van der Waals surface area contributed by atoms with Crippen LogP contribution in [0.5, 0.6) is 0 Å². The molecule has 0 unspecified atom stereocenters. The molecular weight excluding hydrogens is 374 g/mol. The van der Waals surface area contributed by atoms with Crippen LogP contribution >= 0.6 is 11.3 Å². The standard InChI is InChI=1S/C21H27N3O3S/c1-15(25)24(14-18-6-4-10-27-18)13-16-12-17(8-9-19(16)23(2)3)22-21(26)20-7-5-11-28-20/h5,7-9,11-12,18H,4,6,10,13-14H2,1-3H3,(H,22,26)/t18-/m0/s1. The number of amides is 2. The van der Waals surface area contributed by atoms with E-state index in [1.54, 1.807) is 13.0 Å². The van der Waals surface area contributed by atoms with Gasteiger partial charge in [-0.25, -0.2) is 0 Å². The van der Waals surface area contributed by atoms with Gasteiger partial charge in [0.2, 0.25) is 5.91 Å². The molecule has 7 heteroatoms. The summed E-state index contributed by atoms with van der Waals surface area (Å²) in [6.45, 7) is 3.43. The molecule has 0 spiro atoms. The predicted octanol–water partition coefficient (Wildman–Crippen LogP) is 3.59. The summed E-state index contributed by atoms with van der Waals surface area (Å²) in [5.41, 5.74) is 2.73. The van der Waals surface area contributed by atoms with Crippen molar-refractivity contribution < 1.29 is 14.3 Å². The van der Waals surface area contributed by atoms with E-state index in [2.05, 4.69) is 5.32 Å². The van der Waals surface area contributed by atoms with Gasteiger partial charge in [-0.3, -0.25) is 9.59 Å². The first-order valence-electron chi connectivity index (χ1n) is 9.46. The van der Waals surface area contributed by atoms with E-state index in [0.29, 0.717) is 18.0 Å². The van der Waals surface area contributed by atoms with Crippen molar-refractivity contribution in [3.05, 3.63) is 46.2 Å². The van der Waals surface area contributed by atoms with Crippen molar-refractivity contribution in [3.63, 3.8) is 0 Å². The van der Waals surface area contributed by atoms with E-state index >= 15 is 0 Å². The lowest BCUT2D eigenvalue weighted by atomic mass is 10.1. The van der Waals surface area contributed by atoms with Crippen LogP contribution < -0.4 is 10.2 Å². The van der Waals surface area contributed by atoms with Crippen LogP contribution in [0, 0.1) is 0 Å². The fourth-order valence-corrected chi connectivity index (χ4v) is 3.99. The van der Waals surface area contributed by atoms with Crippen molar-refractivity contribution in [2.24, 2.45) is 0 Å². The number of benzene rings is 1. The molecule has 1 aromatic heterocycles. The second kappa shape index (κ2) is 9.21. The van der Waals surface area contributed by atoms with Crippen LogP contribution in [0.1, 0.15) is 35.0 Å². The number of carbonyl (C=O) groups excluding carboxylic acids is 2. The molecule has 2 heterocycles. The number of rotatable bonds is 7. The van der Waals surface area contributed by atoms with Crippen molar-refractivity contribution in [3.8, 4) is 0 Å². The Balaban J connectivity index is 1.79. The third-order valence-electron chi connectivity index (χ3n) is 4.82. The van der Waals surface area contributed by atoms with E-state index in [1.807, 2.05) is 53.5 Å². The highest BCUT2D eigenvalue weighted by Gasteiger charge is 2.22. The second-order valence-corrected chi connectivity index (χ2v) is 8.15. The molecule has 6 nitrogen and oxygen atoms in total. The smallest absolute Gasteiger partial charge is 0.265 e. The molecule has 2 amide bonds. The first-order valence-corrected chi connectivity index (χ1v) is 10.3. The van der Waals surface area contributed by atoms with Crippen molar-refractivity contribution >= 4 is 34.5 Å². The third-order valence-corrected chi connectivity index (χ3v) is 5.69. The average Bonchev–Trinajstić information content (AvgIpc) is 3.35. The lowest BCUT2D eigenvalue weighted by Gasteiger charge is -2.27. The van der Waals surface area contributed by atoms with Gasteiger partial charge in [0.15, 0.2) is 0 Å². The molecule has 28 heavy (non-hydrogen) atoms. The summed E-state index contributed by atoms with van der Waals surface area (Å²) in [5.74, 6) is -0.102. The Bertz CT molecular complexity index is 814. The molecule has 1 atom stereocenters. The van der Waals surface area contributed by atoms with Gasteiger partial charge in [0.05, 0.1) is 11.0 Å². The summed E-state index contributed by atoms with van der Waals surface area (Å²) >= 11 is 1.41. The van der Waals surface area contributed by atoms with Crippen molar-refractivity contribution in [1.29, 1.82) is 0 Å². The topological polar surface area (TPSA) is 61.9 Å². The van der Waals surface area contributed by atoms with E-state index in [1.165, 1.54) is 11.3 Å². The Morgan fingerprint density at radius 3 is 2.71 bits per heavy atom. The van der Waals surface area contributed by atoms with Gasteiger partial charge in [-0.15, -0.1) is 11.3 Å². The molecule has 1 saturated heterocycles. The van der Waals surface area contributed by atoms with E-state index < -0.39 is 0 Å². The third kappa shape index (κ3) is 5.11. The fraction of sp³-hybridized carbons (Fsp3) is 0.429. The largest absolute Gasteiger partial charge is 0.377 e. The summed E-state index contributed by atoms with van der Waals surface area (Å²) in [5, 5.41) is 4.83. The minimum atomic E-state index is -0.124. The van der Waals surface area contributed by atoms with Crippen molar-refractivity contribution in [1.82, 2.24) is 4.90 Å². The highest BCUT2D eigenvalue weighted by molar-refractivity contribution is 7.12. The van der Waals surface area contributed by atoms with E-state index in [4.69, 9.17) is 4.74 Å². The zero-order chi connectivity index (χ0) is 20.1. The zero-order valence-corrected chi connectivity index (χ0v) is 17.4. The molecule has 0 aliphatic carbocycles. The summed E-state index contributed by atoms with van der Waals surface area (Å²) < 4.78 is 5.71. The summed E-state index contributed by atoms with van der Waals surface area (Å²) in [6, 6.07) is 9.47. The van der Waals surface area contributed by atoms with Gasteiger partial charge in [0.1, 0.15) is 0 Å². The lowest BCUT2D eigenvalue weighted by Crippen LogP contribution is -2.35. The van der Waals surface area contributed by atoms with Gasteiger partial charge >= 0.3 is 0 Å². The Morgan fingerprint density at radius 1 is 1.29 bits per heavy atom. The lowest BCUT2D eigenvalue weighted by molar-refractivity contribution is -0.131. The summed E-state index contributed by atoms with van der Waals surface area (Å²) in [7, 11) is 3.95. The van der Waals surface area contributed by atoms with Crippen LogP contribution in [0.3, 0.4) is 0 Å². The number of hydrogen-bond acceptors (Lipinski definition) is 5. The molecule has 2 aromatic rings. The minimum absolute atomic E-state index is 0.0215. The Kier molecular flexibility index (Phi) is 6.70. The quantitative estimate of drug-likeness (QED) is 0.770.